The Kier molecular flexibility index (Phi) is 4.31. The van der Waals surface area contributed by atoms with E-state index < -0.39 is 11.9 Å². The van der Waals surface area contributed by atoms with E-state index in [0.29, 0.717) is 24.1 Å². The zero-order valence-corrected chi connectivity index (χ0v) is 15.8. The Bertz CT molecular complexity index is 848. The minimum Gasteiger partial charge on any atom is -0.368 e. The fraction of sp³-hybridized carbons (Fsp3) is 0.450. The number of thiazole rings is 1. The van der Waals surface area contributed by atoms with E-state index in [4.69, 9.17) is 5.73 Å². The topological polar surface area (TPSA) is 76.3 Å². The van der Waals surface area contributed by atoms with Gasteiger partial charge in [-0.2, -0.15) is 0 Å². The van der Waals surface area contributed by atoms with Gasteiger partial charge >= 0.3 is 0 Å². The molecule has 4 unspecified atom stereocenters. The molecule has 0 spiro atoms. The number of rotatable bonds is 3. The van der Waals surface area contributed by atoms with Crippen LogP contribution in [0.5, 0.6) is 0 Å². The number of nitrogens with zero attached hydrogens (tertiary/aromatic N) is 2. The third-order valence-electron chi connectivity index (χ3n) is 5.68. The zero-order chi connectivity index (χ0) is 18.4. The number of fused-ring (bicyclic) bond motifs is 1. The van der Waals surface area contributed by atoms with E-state index in [2.05, 4.69) is 11.9 Å². The molecule has 2 amide bonds. The first-order valence-electron chi connectivity index (χ1n) is 9.09. The van der Waals surface area contributed by atoms with Gasteiger partial charge in [-0.25, -0.2) is 4.98 Å². The quantitative estimate of drug-likeness (QED) is 0.903. The Morgan fingerprint density at radius 3 is 2.65 bits per heavy atom. The fourth-order valence-corrected chi connectivity index (χ4v) is 5.62. The van der Waals surface area contributed by atoms with Crippen molar-refractivity contribution in [2.45, 2.75) is 32.7 Å². The lowest BCUT2D eigenvalue weighted by molar-refractivity contribution is -0.122. The van der Waals surface area contributed by atoms with Crippen LogP contribution in [0, 0.1) is 24.7 Å². The number of likely N-dealkylation sites (tertiary alicyclic amines) is 1. The third kappa shape index (κ3) is 2.82. The summed E-state index contributed by atoms with van der Waals surface area (Å²) in [6.45, 7) is 4.71. The highest BCUT2D eigenvalue weighted by Gasteiger charge is 2.51. The van der Waals surface area contributed by atoms with Crippen LogP contribution in [0.3, 0.4) is 0 Å². The number of aryl methyl sites for hydroxylation is 1. The summed E-state index contributed by atoms with van der Waals surface area (Å²) in [6, 6.07) is 9.30. The summed E-state index contributed by atoms with van der Waals surface area (Å²) in [7, 11) is 0. The average Bonchev–Trinajstić information content (AvgIpc) is 3.26. The van der Waals surface area contributed by atoms with E-state index in [1.165, 1.54) is 11.3 Å². The van der Waals surface area contributed by atoms with Gasteiger partial charge in [-0.1, -0.05) is 37.3 Å². The molecule has 0 radical (unpaired) electrons. The minimum absolute atomic E-state index is 0.168. The van der Waals surface area contributed by atoms with Crippen LogP contribution >= 0.6 is 11.3 Å². The van der Waals surface area contributed by atoms with E-state index in [0.717, 1.165) is 28.3 Å². The van der Waals surface area contributed by atoms with Gasteiger partial charge in [0, 0.05) is 6.54 Å². The normalized spacial score (nSPS) is 27.5. The zero-order valence-electron chi connectivity index (χ0n) is 15.0. The molecule has 4 atom stereocenters. The standard InChI is InChI=1S/C20H23N3O2S/c1-11-8-14-10-23(17(19(21)24)15(14)9-11)20(25)16-18(26-12(2)22-16)13-6-4-3-5-7-13/h3-7,11,14-15,17H,8-10H2,1-2H3,(H2,21,24). The predicted molar refractivity (Wildman–Crippen MR) is 102 cm³/mol. The molecule has 136 valence electrons. The maximum atomic E-state index is 13.3. The second-order valence-electron chi connectivity index (χ2n) is 7.58. The largest absolute Gasteiger partial charge is 0.368 e. The summed E-state index contributed by atoms with van der Waals surface area (Å²) in [5, 5.41) is 0.843. The highest BCUT2D eigenvalue weighted by molar-refractivity contribution is 7.15. The first kappa shape index (κ1) is 17.2. The molecule has 2 N–H and O–H groups in total. The molecular weight excluding hydrogens is 346 g/mol. The SMILES string of the molecule is Cc1nc(C(=O)N2CC3CC(C)CC3C2C(N)=O)c(-c2ccccc2)s1. The maximum absolute atomic E-state index is 13.3. The van der Waals surface area contributed by atoms with Crippen molar-refractivity contribution in [1.29, 1.82) is 0 Å². The van der Waals surface area contributed by atoms with Crippen molar-refractivity contribution in [3.63, 3.8) is 0 Å². The molecule has 1 aliphatic heterocycles. The lowest BCUT2D eigenvalue weighted by Crippen LogP contribution is -2.46. The molecule has 1 saturated carbocycles. The summed E-state index contributed by atoms with van der Waals surface area (Å²) in [5.74, 6) is 0.579. The van der Waals surface area contributed by atoms with Gasteiger partial charge in [-0.15, -0.1) is 11.3 Å². The number of nitrogens with two attached hydrogens (primary N) is 1. The number of amides is 2. The van der Waals surface area contributed by atoms with Crippen molar-refractivity contribution in [3.05, 3.63) is 41.0 Å². The Balaban J connectivity index is 1.69. The Labute approximate surface area is 157 Å². The van der Waals surface area contributed by atoms with Crippen molar-refractivity contribution < 1.29 is 9.59 Å². The first-order chi connectivity index (χ1) is 12.5. The summed E-state index contributed by atoms with van der Waals surface area (Å²) >= 11 is 1.51. The van der Waals surface area contributed by atoms with Crippen LogP contribution in [0.15, 0.2) is 30.3 Å². The van der Waals surface area contributed by atoms with Gasteiger partial charge in [0.15, 0.2) is 0 Å². The van der Waals surface area contributed by atoms with E-state index in [1.807, 2.05) is 37.3 Å². The van der Waals surface area contributed by atoms with Crippen LogP contribution < -0.4 is 5.73 Å². The van der Waals surface area contributed by atoms with Gasteiger partial charge in [0.2, 0.25) is 5.91 Å². The van der Waals surface area contributed by atoms with E-state index in [9.17, 15) is 9.59 Å². The molecule has 2 aromatic rings. The molecule has 2 aliphatic rings. The second kappa shape index (κ2) is 6.50. The molecule has 1 aromatic heterocycles. The highest BCUT2D eigenvalue weighted by Crippen LogP contribution is 2.45. The van der Waals surface area contributed by atoms with Gasteiger partial charge in [0.05, 0.1) is 9.88 Å². The molecular formula is C20H23N3O2S. The molecule has 26 heavy (non-hydrogen) atoms. The molecule has 1 aliphatic carbocycles. The number of primary amides is 1. The van der Waals surface area contributed by atoms with E-state index >= 15 is 0 Å². The summed E-state index contributed by atoms with van der Waals surface area (Å²) in [5.41, 5.74) is 7.13. The lowest BCUT2D eigenvalue weighted by Gasteiger charge is -2.25. The predicted octanol–water partition coefficient (Wildman–Crippen LogP) is 3.09. The average molecular weight is 369 g/mol. The summed E-state index contributed by atoms with van der Waals surface area (Å²) in [4.78, 5) is 32.6. The summed E-state index contributed by atoms with van der Waals surface area (Å²) in [6.07, 6.45) is 2.02. The van der Waals surface area contributed by atoms with Crippen LogP contribution in [0.1, 0.15) is 35.3 Å². The summed E-state index contributed by atoms with van der Waals surface area (Å²) < 4.78 is 0. The maximum Gasteiger partial charge on any atom is 0.274 e. The number of aromatic nitrogens is 1. The fourth-order valence-electron chi connectivity index (χ4n) is 4.71. The Hall–Kier alpha value is -2.21. The van der Waals surface area contributed by atoms with E-state index in [1.54, 1.807) is 4.90 Å². The van der Waals surface area contributed by atoms with Gasteiger partial charge < -0.3 is 10.6 Å². The van der Waals surface area contributed by atoms with Crippen LogP contribution in [0.25, 0.3) is 10.4 Å². The van der Waals surface area contributed by atoms with Crippen LogP contribution in [-0.4, -0.2) is 34.3 Å². The number of hydrogen-bond acceptors (Lipinski definition) is 4. The molecule has 1 aromatic carbocycles. The van der Waals surface area contributed by atoms with Crippen molar-refractivity contribution in [1.82, 2.24) is 9.88 Å². The Morgan fingerprint density at radius 2 is 1.96 bits per heavy atom. The molecule has 5 nitrogen and oxygen atoms in total. The van der Waals surface area contributed by atoms with Crippen molar-refractivity contribution in [2.24, 2.45) is 23.5 Å². The van der Waals surface area contributed by atoms with Gasteiger partial charge in [-0.05, 0) is 43.1 Å². The van der Waals surface area contributed by atoms with E-state index in [-0.39, 0.29) is 11.8 Å². The van der Waals surface area contributed by atoms with Crippen molar-refractivity contribution in [3.8, 4) is 10.4 Å². The number of carbonyl (C=O) groups excluding carboxylic acids is 2. The molecule has 0 bridgehead atoms. The van der Waals surface area contributed by atoms with Crippen LogP contribution in [0.4, 0.5) is 0 Å². The monoisotopic (exact) mass is 369 g/mol. The van der Waals surface area contributed by atoms with Crippen molar-refractivity contribution in [2.75, 3.05) is 6.54 Å². The minimum atomic E-state index is -0.511. The third-order valence-corrected chi connectivity index (χ3v) is 6.70. The number of benzene rings is 1. The first-order valence-corrected chi connectivity index (χ1v) is 9.90. The van der Waals surface area contributed by atoms with Crippen LogP contribution in [-0.2, 0) is 4.79 Å². The number of hydrogen-bond donors (Lipinski definition) is 1. The smallest absolute Gasteiger partial charge is 0.274 e. The van der Waals surface area contributed by atoms with Crippen LogP contribution in [0.2, 0.25) is 0 Å². The highest BCUT2D eigenvalue weighted by atomic mass is 32.1. The molecule has 1 saturated heterocycles. The molecule has 2 fully saturated rings. The second-order valence-corrected chi connectivity index (χ2v) is 8.79. The van der Waals surface area contributed by atoms with Gasteiger partial charge in [0.1, 0.15) is 11.7 Å². The lowest BCUT2D eigenvalue weighted by atomic mass is 9.93. The number of carbonyl (C=O) groups is 2. The van der Waals surface area contributed by atoms with Gasteiger partial charge in [0.25, 0.3) is 5.91 Å². The van der Waals surface area contributed by atoms with Gasteiger partial charge in [-0.3, -0.25) is 9.59 Å². The molecule has 4 rings (SSSR count). The van der Waals surface area contributed by atoms with Crippen molar-refractivity contribution >= 4 is 23.2 Å². The molecule has 2 heterocycles. The molecule has 6 heteroatoms. The Morgan fingerprint density at radius 1 is 1.23 bits per heavy atom.